The maximum atomic E-state index is 13.2. The molecular weight excluding hydrogens is 412 g/mol. The predicted octanol–water partition coefficient (Wildman–Crippen LogP) is 3.27. The maximum absolute atomic E-state index is 13.2. The van der Waals surface area contributed by atoms with Crippen LogP contribution in [-0.4, -0.2) is 36.2 Å². The van der Waals surface area contributed by atoms with Gasteiger partial charge in [0.15, 0.2) is 14.0 Å². The van der Waals surface area contributed by atoms with Gasteiger partial charge >= 0.3 is 0 Å². The summed E-state index contributed by atoms with van der Waals surface area (Å²) in [7, 11) is 0.138. The van der Waals surface area contributed by atoms with Crippen molar-refractivity contribution in [3.63, 3.8) is 0 Å². The van der Waals surface area contributed by atoms with E-state index in [9.17, 15) is 8.99 Å². The Hall–Kier alpha value is -2.68. The summed E-state index contributed by atoms with van der Waals surface area (Å²) < 4.78 is 17.3. The molecule has 0 saturated heterocycles. The lowest BCUT2D eigenvalue weighted by Gasteiger charge is -2.07. The van der Waals surface area contributed by atoms with Gasteiger partial charge in [0.25, 0.3) is 5.56 Å². The summed E-state index contributed by atoms with van der Waals surface area (Å²) in [6.07, 6.45) is 3.47. The number of hydrogen-bond donors (Lipinski definition) is 2. The van der Waals surface area contributed by atoms with Crippen LogP contribution in [0.1, 0.15) is 10.6 Å². The van der Waals surface area contributed by atoms with Crippen LogP contribution in [0.3, 0.4) is 0 Å². The number of nitrogens with one attached hydrogen (secondary N) is 2. The Balaban J connectivity index is 1.59. The summed E-state index contributed by atoms with van der Waals surface area (Å²) in [6.45, 7) is 2.23. The Morgan fingerprint density at radius 3 is 3.00 bits per heavy atom. The first-order valence-corrected chi connectivity index (χ1v) is 11.4. The van der Waals surface area contributed by atoms with E-state index in [4.69, 9.17) is 0 Å². The molecule has 5 aromatic rings. The second-order valence-electron chi connectivity index (χ2n) is 6.75. The molecule has 4 heterocycles. The first-order valence-electron chi connectivity index (χ1n) is 8.91. The van der Waals surface area contributed by atoms with Gasteiger partial charge in [-0.3, -0.25) is 15.0 Å². The van der Waals surface area contributed by atoms with Crippen LogP contribution in [0, 0.1) is 0 Å². The number of halogens is 1. The van der Waals surface area contributed by atoms with Gasteiger partial charge in [-0.2, -0.15) is 10.2 Å². The minimum atomic E-state index is -1.69. The van der Waals surface area contributed by atoms with Gasteiger partial charge in [-0.25, -0.2) is 13.9 Å². The molecule has 0 spiro atoms. The van der Waals surface area contributed by atoms with Crippen LogP contribution in [-0.2, 0) is 20.1 Å². The van der Waals surface area contributed by atoms with E-state index in [-0.39, 0.29) is 5.56 Å². The fourth-order valence-corrected chi connectivity index (χ4v) is 5.05. The highest BCUT2D eigenvalue weighted by molar-refractivity contribution is 7.48. The third-order valence-corrected chi connectivity index (χ3v) is 6.58. The van der Waals surface area contributed by atoms with Crippen LogP contribution in [0.4, 0.5) is 4.20 Å². The van der Waals surface area contributed by atoms with Crippen molar-refractivity contribution in [3.8, 4) is 0 Å². The largest absolute Gasteiger partial charge is 0.323 e. The molecule has 0 aliphatic carbocycles. The Morgan fingerprint density at radius 2 is 2.17 bits per heavy atom. The van der Waals surface area contributed by atoms with Crippen molar-refractivity contribution in [2.45, 2.75) is 13.1 Å². The summed E-state index contributed by atoms with van der Waals surface area (Å²) in [6, 6.07) is 5.84. The number of hydrogen-bond acceptors (Lipinski definition) is 6. The molecule has 1 unspecified atom stereocenters. The highest BCUT2D eigenvalue weighted by atomic mass is 32.1. The van der Waals surface area contributed by atoms with Crippen LogP contribution in [0.5, 0.6) is 0 Å². The van der Waals surface area contributed by atoms with Crippen molar-refractivity contribution in [2.24, 2.45) is 7.05 Å². The average Bonchev–Trinajstić information content (AvgIpc) is 3.39. The smallest absolute Gasteiger partial charge is 0.291 e. The van der Waals surface area contributed by atoms with Crippen molar-refractivity contribution in [2.75, 3.05) is 6.66 Å². The fraction of sp³-hybridized carbons (Fsp3) is 0.222. The number of nitrogens with zero attached hydrogens (tertiary/aromatic N) is 5. The Morgan fingerprint density at radius 1 is 1.31 bits per heavy atom. The predicted molar refractivity (Wildman–Crippen MR) is 114 cm³/mol. The Labute approximate surface area is 169 Å². The van der Waals surface area contributed by atoms with Crippen molar-refractivity contribution in [1.82, 2.24) is 34.6 Å². The molecule has 0 saturated carbocycles. The molecule has 1 atom stereocenters. The zero-order chi connectivity index (χ0) is 20.1. The number of fused-ring (bicyclic) bond motifs is 4. The number of thiazole rings is 1. The Kier molecular flexibility index (Phi) is 4.42. The van der Waals surface area contributed by atoms with Crippen LogP contribution in [0.25, 0.3) is 32.2 Å². The maximum Gasteiger partial charge on any atom is 0.291 e. The van der Waals surface area contributed by atoms with E-state index in [1.807, 2.05) is 25.2 Å². The van der Waals surface area contributed by atoms with Gasteiger partial charge in [0, 0.05) is 17.8 Å². The van der Waals surface area contributed by atoms with Crippen LogP contribution in [0.2, 0.25) is 0 Å². The van der Waals surface area contributed by atoms with Gasteiger partial charge in [-0.05, 0) is 18.3 Å². The number of aryl methyl sites for hydroxylation is 1. The molecule has 8 nitrogen and oxygen atoms in total. The lowest BCUT2D eigenvalue weighted by atomic mass is 10.1. The summed E-state index contributed by atoms with van der Waals surface area (Å²) in [5, 5.41) is 16.7. The van der Waals surface area contributed by atoms with Crippen LogP contribution in [0.15, 0.2) is 35.4 Å². The highest BCUT2D eigenvalue weighted by Crippen LogP contribution is 2.32. The monoisotopic (exact) mass is 429 g/mol. The first-order chi connectivity index (χ1) is 14.0. The van der Waals surface area contributed by atoms with E-state index in [0.717, 1.165) is 37.2 Å². The quantitative estimate of drug-likeness (QED) is 0.418. The molecular formula is C18H17FN7OPS. The number of rotatable bonds is 5. The second-order valence-corrected chi connectivity index (χ2v) is 9.10. The summed E-state index contributed by atoms with van der Waals surface area (Å²) in [5.74, 6) is 0. The van der Waals surface area contributed by atoms with Crippen molar-refractivity contribution in [3.05, 3.63) is 51.5 Å². The number of benzene rings is 1. The third kappa shape index (κ3) is 3.04. The Bertz CT molecular complexity index is 1420. The van der Waals surface area contributed by atoms with Gasteiger partial charge in [0.2, 0.25) is 0 Å². The van der Waals surface area contributed by atoms with Crippen LogP contribution >= 0.6 is 19.7 Å². The third-order valence-electron chi connectivity index (χ3n) is 4.91. The molecule has 0 bridgehead atoms. The molecule has 148 valence electrons. The average molecular weight is 429 g/mol. The van der Waals surface area contributed by atoms with Gasteiger partial charge in [0.1, 0.15) is 10.5 Å². The second kappa shape index (κ2) is 6.98. The summed E-state index contributed by atoms with van der Waals surface area (Å²) in [5.41, 5.74) is 3.00. The fourth-order valence-electron chi connectivity index (χ4n) is 3.53. The van der Waals surface area contributed by atoms with Gasteiger partial charge in [-0.15, -0.1) is 11.3 Å². The van der Waals surface area contributed by atoms with Crippen molar-refractivity contribution in [1.29, 1.82) is 0 Å². The molecule has 5 rings (SSSR count). The van der Waals surface area contributed by atoms with Gasteiger partial charge in [0.05, 0.1) is 35.7 Å². The SMILES string of the molecule is Cn1c2nc(CNP(C)F)sc2c2cnn(Cc3cccc4[nH]ncc34)c(=O)c21. The normalized spacial score (nSPS) is 13.1. The minimum absolute atomic E-state index is 0.170. The van der Waals surface area contributed by atoms with E-state index < -0.39 is 8.38 Å². The molecule has 0 amide bonds. The number of aromatic nitrogens is 6. The molecule has 0 aliphatic heterocycles. The molecule has 0 fully saturated rings. The zero-order valence-electron chi connectivity index (χ0n) is 15.7. The van der Waals surface area contributed by atoms with Gasteiger partial charge < -0.3 is 4.57 Å². The lowest BCUT2D eigenvalue weighted by molar-refractivity contribution is 0.647. The molecule has 29 heavy (non-hydrogen) atoms. The van der Waals surface area contributed by atoms with Crippen molar-refractivity contribution >= 4 is 51.9 Å². The van der Waals surface area contributed by atoms with E-state index >= 15 is 0 Å². The topological polar surface area (TPSA) is 93.4 Å². The van der Waals surface area contributed by atoms with E-state index in [1.165, 1.54) is 22.7 Å². The molecule has 0 aliphatic rings. The van der Waals surface area contributed by atoms with E-state index in [2.05, 4.69) is 25.4 Å². The minimum Gasteiger partial charge on any atom is -0.323 e. The highest BCUT2D eigenvalue weighted by Gasteiger charge is 2.18. The van der Waals surface area contributed by atoms with Crippen molar-refractivity contribution < 1.29 is 4.20 Å². The van der Waals surface area contributed by atoms with Gasteiger partial charge in [-0.1, -0.05) is 12.1 Å². The summed E-state index contributed by atoms with van der Waals surface area (Å²) >= 11 is 1.46. The molecule has 4 aromatic heterocycles. The zero-order valence-corrected chi connectivity index (χ0v) is 17.4. The first kappa shape index (κ1) is 18.4. The lowest BCUT2D eigenvalue weighted by Crippen LogP contribution is -2.24. The summed E-state index contributed by atoms with van der Waals surface area (Å²) in [4.78, 5) is 17.8. The molecule has 11 heteroatoms. The molecule has 1 aromatic carbocycles. The van der Waals surface area contributed by atoms with E-state index in [1.54, 1.807) is 17.0 Å². The molecule has 0 radical (unpaired) electrons. The molecule has 2 N–H and O–H groups in total. The number of H-pyrrole nitrogens is 1. The van der Waals surface area contributed by atoms with Crippen LogP contribution < -0.4 is 10.6 Å². The standard InChI is InChI=1S/C18H17FN7OPS/c1-25-15-12(16-17(25)23-14(29-16)8-22-28(2)19)7-21-26(18(15)27)9-10-4-3-5-13-11(10)6-20-24-13/h3-7,22H,8-9H2,1-2H3,(H,20,24). The number of aromatic amines is 1. The van der Waals surface area contributed by atoms with E-state index in [0.29, 0.717) is 18.6 Å².